The maximum absolute atomic E-state index is 10.6. The lowest BCUT2D eigenvalue weighted by atomic mass is 10.2. The lowest BCUT2D eigenvalue weighted by Gasteiger charge is -2.13. The zero-order valence-electron chi connectivity index (χ0n) is 7.75. The summed E-state index contributed by atoms with van der Waals surface area (Å²) < 4.78 is 0. The van der Waals surface area contributed by atoms with Gasteiger partial charge in [-0.15, -0.1) is 0 Å². The third-order valence-electron chi connectivity index (χ3n) is 1.75. The monoisotopic (exact) mass is 243 g/mol. The van der Waals surface area contributed by atoms with Gasteiger partial charge in [-0.3, -0.25) is 4.79 Å². The fraction of sp³-hybridized carbons (Fsp3) is 0. The summed E-state index contributed by atoms with van der Waals surface area (Å²) in [5.74, 6) is 0. The van der Waals surface area contributed by atoms with Gasteiger partial charge in [-0.1, -0.05) is 11.6 Å². The van der Waals surface area contributed by atoms with Crippen molar-refractivity contribution in [3.8, 4) is 0 Å². The number of aldehydes is 1. The Hall–Kier alpha value is -2.08. The van der Waals surface area contributed by atoms with Crippen LogP contribution in [0.15, 0.2) is 18.2 Å². The van der Waals surface area contributed by atoms with Crippen LogP contribution in [-0.4, -0.2) is 28.7 Å². The Morgan fingerprint density at radius 3 is 2.25 bits per heavy atom. The highest BCUT2D eigenvalue weighted by atomic mass is 35.5. The van der Waals surface area contributed by atoms with E-state index in [4.69, 9.17) is 21.8 Å². The van der Waals surface area contributed by atoms with Crippen molar-refractivity contribution >= 4 is 35.8 Å². The van der Waals surface area contributed by atoms with E-state index in [9.17, 15) is 14.4 Å². The number of nitrogens with zero attached hydrogens (tertiary/aromatic N) is 1. The van der Waals surface area contributed by atoms with E-state index < -0.39 is 12.2 Å². The molecule has 0 unspecified atom stereocenters. The quantitative estimate of drug-likeness (QED) is 0.777. The molecular weight excluding hydrogens is 238 g/mol. The molecule has 1 aromatic carbocycles. The molecule has 2 N–H and O–H groups in total. The summed E-state index contributed by atoms with van der Waals surface area (Å²) >= 11 is 5.62. The number of anilines is 1. The molecule has 0 bridgehead atoms. The first kappa shape index (κ1) is 12.0. The Morgan fingerprint density at radius 2 is 1.81 bits per heavy atom. The molecule has 2 amide bonds. The van der Waals surface area contributed by atoms with Crippen LogP contribution in [0.5, 0.6) is 0 Å². The van der Waals surface area contributed by atoms with Gasteiger partial charge in [-0.05, 0) is 18.2 Å². The summed E-state index contributed by atoms with van der Waals surface area (Å²) in [5.41, 5.74) is -0.141. The average Bonchev–Trinajstić information content (AvgIpc) is 2.19. The van der Waals surface area contributed by atoms with E-state index in [0.717, 1.165) is 6.07 Å². The van der Waals surface area contributed by atoms with Crippen molar-refractivity contribution in [1.82, 2.24) is 0 Å². The Balaban J connectivity index is 3.26. The molecule has 16 heavy (non-hydrogen) atoms. The summed E-state index contributed by atoms with van der Waals surface area (Å²) in [6.45, 7) is 0. The van der Waals surface area contributed by atoms with E-state index in [1.54, 1.807) is 0 Å². The Kier molecular flexibility index (Phi) is 3.47. The summed E-state index contributed by atoms with van der Waals surface area (Å²) in [6, 6.07) is 3.52. The number of rotatable bonds is 2. The van der Waals surface area contributed by atoms with Crippen LogP contribution in [0.1, 0.15) is 10.4 Å². The highest BCUT2D eigenvalue weighted by molar-refractivity contribution is 6.33. The summed E-state index contributed by atoms with van der Waals surface area (Å²) in [7, 11) is 0. The van der Waals surface area contributed by atoms with Crippen molar-refractivity contribution in [2.75, 3.05) is 4.90 Å². The van der Waals surface area contributed by atoms with Gasteiger partial charge in [0.2, 0.25) is 0 Å². The lowest BCUT2D eigenvalue weighted by Crippen LogP contribution is -2.34. The highest BCUT2D eigenvalue weighted by Crippen LogP contribution is 2.22. The summed E-state index contributed by atoms with van der Waals surface area (Å²) in [6.07, 6.45) is -2.91. The minimum absolute atomic E-state index is 0.0201. The third-order valence-corrected chi connectivity index (χ3v) is 2.09. The van der Waals surface area contributed by atoms with Gasteiger partial charge in [0.15, 0.2) is 6.29 Å². The van der Waals surface area contributed by atoms with Crippen LogP contribution in [0.25, 0.3) is 0 Å². The molecule has 0 aromatic heterocycles. The molecular formula is C9H6ClNO5. The average molecular weight is 244 g/mol. The zero-order valence-corrected chi connectivity index (χ0v) is 8.51. The largest absolute Gasteiger partial charge is 0.464 e. The molecule has 0 saturated heterocycles. The van der Waals surface area contributed by atoms with E-state index in [0.29, 0.717) is 6.29 Å². The molecule has 1 rings (SSSR count). The predicted molar refractivity (Wildman–Crippen MR) is 55.4 cm³/mol. The van der Waals surface area contributed by atoms with Crippen LogP contribution in [0.3, 0.4) is 0 Å². The molecule has 0 aliphatic rings. The van der Waals surface area contributed by atoms with Crippen LogP contribution in [0, 0.1) is 0 Å². The van der Waals surface area contributed by atoms with Gasteiger partial charge in [0.1, 0.15) is 0 Å². The molecule has 1 aromatic rings. The molecule has 0 aliphatic heterocycles. The molecule has 7 heteroatoms. The number of benzene rings is 1. The van der Waals surface area contributed by atoms with Crippen LogP contribution in [-0.2, 0) is 0 Å². The molecule has 84 valence electrons. The molecule has 0 atom stereocenters. The van der Waals surface area contributed by atoms with Crippen molar-refractivity contribution in [2.45, 2.75) is 0 Å². The highest BCUT2D eigenvalue weighted by Gasteiger charge is 2.22. The number of imide groups is 1. The first-order chi connectivity index (χ1) is 7.47. The minimum Gasteiger partial charge on any atom is -0.464 e. The number of halogens is 1. The second-order valence-electron chi connectivity index (χ2n) is 2.72. The number of carboxylic acid groups (broad SMARTS) is 2. The number of hydrogen-bond acceptors (Lipinski definition) is 3. The first-order valence-electron chi connectivity index (χ1n) is 3.98. The van der Waals surface area contributed by atoms with E-state index in [-0.39, 0.29) is 21.2 Å². The second-order valence-corrected chi connectivity index (χ2v) is 3.13. The first-order valence-corrected chi connectivity index (χ1v) is 4.36. The fourth-order valence-corrected chi connectivity index (χ4v) is 1.23. The van der Waals surface area contributed by atoms with Gasteiger partial charge in [0, 0.05) is 5.56 Å². The van der Waals surface area contributed by atoms with E-state index >= 15 is 0 Å². The molecule has 0 radical (unpaired) electrons. The number of hydrogen-bond donors (Lipinski definition) is 2. The van der Waals surface area contributed by atoms with Gasteiger partial charge in [0.05, 0.1) is 10.7 Å². The Morgan fingerprint density at radius 1 is 1.25 bits per heavy atom. The fourth-order valence-electron chi connectivity index (χ4n) is 1.06. The molecule has 0 aliphatic carbocycles. The zero-order chi connectivity index (χ0) is 12.3. The van der Waals surface area contributed by atoms with Crippen molar-refractivity contribution in [3.63, 3.8) is 0 Å². The van der Waals surface area contributed by atoms with Crippen molar-refractivity contribution in [2.24, 2.45) is 0 Å². The molecule has 0 fully saturated rings. The summed E-state index contributed by atoms with van der Waals surface area (Å²) in [5, 5.41) is 17.4. The molecule has 0 heterocycles. The third kappa shape index (κ3) is 2.29. The molecule has 0 saturated carbocycles. The smallest absolute Gasteiger partial charge is 0.421 e. The maximum Gasteiger partial charge on any atom is 0.421 e. The predicted octanol–water partition coefficient (Wildman–Crippen LogP) is 2.31. The standard InChI is InChI=1S/C9H6ClNO5/c10-7-2-1-6(3-5(7)4-12)11(8(13)14)9(15)16/h1-4H,(H,13,14)(H,15,16). The van der Waals surface area contributed by atoms with Crippen molar-refractivity contribution in [1.29, 1.82) is 0 Å². The van der Waals surface area contributed by atoms with Crippen LogP contribution >= 0.6 is 11.6 Å². The Bertz CT molecular complexity index is 445. The molecule has 6 nitrogen and oxygen atoms in total. The van der Waals surface area contributed by atoms with E-state index in [1.165, 1.54) is 12.1 Å². The summed E-state index contributed by atoms with van der Waals surface area (Å²) in [4.78, 5) is 31.9. The molecule has 0 spiro atoms. The topological polar surface area (TPSA) is 94.9 Å². The lowest BCUT2D eigenvalue weighted by molar-refractivity contribution is 0.112. The van der Waals surface area contributed by atoms with E-state index in [2.05, 4.69) is 0 Å². The SMILES string of the molecule is O=Cc1cc(N(C(=O)O)C(=O)O)ccc1Cl. The van der Waals surface area contributed by atoms with Gasteiger partial charge in [-0.2, -0.15) is 4.90 Å². The van der Waals surface area contributed by atoms with Crippen LogP contribution in [0.2, 0.25) is 5.02 Å². The second kappa shape index (κ2) is 4.63. The minimum atomic E-state index is -1.66. The number of amides is 2. The van der Waals surface area contributed by atoms with Crippen molar-refractivity contribution < 1.29 is 24.6 Å². The van der Waals surface area contributed by atoms with Crippen LogP contribution < -0.4 is 4.90 Å². The maximum atomic E-state index is 10.6. The number of carbonyl (C=O) groups is 3. The normalized spacial score (nSPS) is 9.56. The van der Waals surface area contributed by atoms with Gasteiger partial charge in [-0.25, -0.2) is 9.59 Å². The van der Waals surface area contributed by atoms with Crippen molar-refractivity contribution in [3.05, 3.63) is 28.8 Å². The number of carbonyl (C=O) groups excluding carboxylic acids is 1. The Labute approximate surface area is 94.7 Å². The van der Waals surface area contributed by atoms with Gasteiger partial charge in [0.25, 0.3) is 0 Å². The van der Waals surface area contributed by atoms with Gasteiger partial charge >= 0.3 is 12.2 Å². The van der Waals surface area contributed by atoms with E-state index in [1.807, 2.05) is 0 Å². The van der Waals surface area contributed by atoms with Crippen LogP contribution in [0.4, 0.5) is 15.3 Å². The van der Waals surface area contributed by atoms with Gasteiger partial charge < -0.3 is 10.2 Å².